The van der Waals surface area contributed by atoms with Crippen molar-refractivity contribution in [3.63, 3.8) is 0 Å². The highest BCUT2D eigenvalue weighted by molar-refractivity contribution is 7.11. The van der Waals surface area contributed by atoms with E-state index in [1.807, 2.05) is 13.8 Å². The molecule has 0 aliphatic rings. The van der Waals surface area contributed by atoms with Crippen LogP contribution in [0.4, 0.5) is 0 Å². The predicted octanol–water partition coefficient (Wildman–Crippen LogP) is 2.57. The molecule has 0 bridgehead atoms. The molecule has 1 aromatic heterocycles. The van der Waals surface area contributed by atoms with E-state index in [4.69, 9.17) is 5.11 Å². The first-order chi connectivity index (χ1) is 7.50. The van der Waals surface area contributed by atoms with Gasteiger partial charge in [-0.05, 0) is 47.1 Å². The van der Waals surface area contributed by atoms with Crippen LogP contribution in [-0.2, 0) is 0 Å². The number of nitrogens with one attached hydrogen (secondary N) is 1. The van der Waals surface area contributed by atoms with E-state index in [0.717, 1.165) is 24.4 Å². The first-order valence-corrected chi connectivity index (χ1v) is 6.67. The first-order valence-electron chi connectivity index (χ1n) is 5.86. The molecule has 4 heteroatoms. The zero-order chi connectivity index (χ0) is 12.1. The number of rotatable bonds is 6. The highest BCUT2D eigenvalue weighted by Crippen LogP contribution is 2.22. The molecule has 1 rings (SSSR count). The minimum Gasteiger partial charge on any atom is -0.393 e. The van der Waals surface area contributed by atoms with Gasteiger partial charge in [0.05, 0.1) is 16.8 Å². The molecule has 0 amide bonds. The largest absolute Gasteiger partial charge is 0.393 e. The van der Waals surface area contributed by atoms with E-state index in [1.165, 1.54) is 10.6 Å². The van der Waals surface area contributed by atoms with Gasteiger partial charge in [0.25, 0.3) is 0 Å². The molecule has 0 radical (unpaired) electrons. The smallest absolute Gasteiger partial charge is 0.0900 e. The third-order valence-corrected chi connectivity index (χ3v) is 3.50. The van der Waals surface area contributed by atoms with Gasteiger partial charge in [0, 0.05) is 10.9 Å². The molecule has 0 aliphatic carbocycles. The van der Waals surface area contributed by atoms with Crippen molar-refractivity contribution in [1.29, 1.82) is 0 Å². The summed E-state index contributed by atoms with van der Waals surface area (Å²) in [6.45, 7) is 9.07. The van der Waals surface area contributed by atoms with E-state index in [9.17, 15) is 0 Å². The topological polar surface area (TPSA) is 45.2 Å². The van der Waals surface area contributed by atoms with Crippen molar-refractivity contribution in [2.24, 2.45) is 0 Å². The van der Waals surface area contributed by atoms with Gasteiger partial charge in [-0.25, -0.2) is 4.98 Å². The van der Waals surface area contributed by atoms with E-state index in [2.05, 4.69) is 24.1 Å². The van der Waals surface area contributed by atoms with Gasteiger partial charge >= 0.3 is 0 Å². The Bertz CT molecular complexity index is 323. The standard InChI is InChI=1S/C12H22N2OS/c1-8(15)6-5-7-13-9(2)12-10(3)16-11(4)14-12/h8-9,13,15H,5-7H2,1-4H3. The Morgan fingerprint density at radius 2 is 2.06 bits per heavy atom. The Morgan fingerprint density at radius 3 is 2.56 bits per heavy atom. The lowest BCUT2D eigenvalue weighted by molar-refractivity contribution is 0.181. The Balaban J connectivity index is 2.35. The number of aryl methyl sites for hydroxylation is 2. The van der Waals surface area contributed by atoms with Crippen molar-refractivity contribution < 1.29 is 5.11 Å². The van der Waals surface area contributed by atoms with Crippen LogP contribution < -0.4 is 5.32 Å². The van der Waals surface area contributed by atoms with Crippen LogP contribution in [0.3, 0.4) is 0 Å². The fraction of sp³-hybridized carbons (Fsp3) is 0.750. The number of aromatic nitrogens is 1. The zero-order valence-corrected chi connectivity index (χ0v) is 11.4. The number of hydrogen-bond acceptors (Lipinski definition) is 4. The highest BCUT2D eigenvalue weighted by Gasteiger charge is 2.12. The van der Waals surface area contributed by atoms with Gasteiger partial charge < -0.3 is 10.4 Å². The van der Waals surface area contributed by atoms with Crippen LogP contribution in [0.15, 0.2) is 0 Å². The number of hydrogen-bond donors (Lipinski definition) is 2. The monoisotopic (exact) mass is 242 g/mol. The number of aliphatic hydroxyl groups excluding tert-OH is 1. The van der Waals surface area contributed by atoms with E-state index in [-0.39, 0.29) is 6.10 Å². The average molecular weight is 242 g/mol. The van der Waals surface area contributed by atoms with E-state index >= 15 is 0 Å². The third kappa shape index (κ3) is 4.20. The third-order valence-electron chi connectivity index (χ3n) is 2.60. The lowest BCUT2D eigenvalue weighted by Crippen LogP contribution is -2.21. The number of thiazole rings is 1. The van der Waals surface area contributed by atoms with Crippen LogP contribution in [0.2, 0.25) is 0 Å². The minimum atomic E-state index is -0.194. The lowest BCUT2D eigenvalue weighted by Gasteiger charge is -2.13. The Labute approximate surface area is 102 Å². The fourth-order valence-corrected chi connectivity index (χ4v) is 2.67. The molecule has 0 aliphatic heterocycles. The molecular formula is C12H22N2OS. The summed E-state index contributed by atoms with van der Waals surface area (Å²) in [5.41, 5.74) is 1.17. The fourth-order valence-electron chi connectivity index (χ4n) is 1.76. The van der Waals surface area contributed by atoms with Gasteiger partial charge in [-0.1, -0.05) is 0 Å². The molecule has 0 saturated heterocycles. The van der Waals surface area contributed by atoms with Crippen LogP contribution in [0.1, 0.15) is 48.3 Å². The summed E-state index contributed by atoms with van der Waals surface area (Å²) >= 11 is 1.75. The molecule has 0 fully saturated rings. The summed E-state index contributed by atoms with van der Waals surface area (Å²) in [6.07, 6.45) is 1.67. The van der Waals surface area contributed by atoms with Gasteiger partial charge in [0.2, 0.25) is 0 Å². The van der Waals surface area contributed by atoms with Crippen molar-refractivity contribution in [3.05, 3.63) is 15.6 Å². The van der Waals surface area contributed by atoms with Crippen molar-refractivity contribution in [3.8, 4) is 0 Å². The van der Waals surface area contributed by atoms with E-state index < -0.39 is 0 Å². The van der Waals surface area contributed by atoms with Crippen molar-refractivity contribution in [2.75, 3.05) is 6.54 Å². The second-order valence-corrected chi connectivity index (χ2v) is 5.75. The molecule has 0 saturated carbocycles. The summed E-state index contributed by atoms with van der Waals surface area (Å²) < 4.78 is 0. The molecule has 1 aromatic rings. The maximum Gasteiger partial charge on any atom is 0.0900 e. The molecule has 2 N–H and O–H groups in total. The van der Waals surface area contributed by atoms with E-state index in [0.29, 0.717) is 6.04 Å². The van der Waals surface area contributed by atoms with Crippen LogP contribution in [0.5, 0.6) is 0 Å². The van der Waals surface area contributed by atoms with Gasteiger partial charge in [-0.3, -0.25) is 0 Å². The molecule has 0 aromatic carbocycles. The number of nitrogens with zero attached hydrogens (tertiary/aromatic N) is 1. The van der Waals surface area contributed by atoms with Crippen molar-refractivity contribution >= 4 is 11.3 Å². The summed E-state index contributed by atoms with van der Waals surface area (Å²) in [5, 5.41) is 13.7. The summed E-state index contributed by atoms with van der Waals surface area (Å²) in [5.74, 6) is 0. The van der Waals surface area contributed by atoms with Gasteiger partial charge in [-0.2, -0.15) is 0 Å². The average Bonchev–Trinajstić information content (AvgIpc) is 2.52. The van der Waals surface area contributed by atoms with Crippen LogP contribution in [0.25, 0.3) is 0 Å². The Hall–Kier alpha value is -0.450. The maximum atomic E-state index is 9.14. The van der Waals surface area contributed by atoms with Crippen LogP contribution in [-0.4, -0.2) is 22.7 Å². The Kier molecular flexibility index (Phi) is 5.38. The summed E-state index contributed by atoms with van der Waals surface area (Å²) in [6, 6.07) is 0.305. The molecule has 16 heavy (non-hydrogen) atoms. The molecule has 3 nitrogen and oxygen atoms in total. The van der Waals surface area contributed by atoms with E-state index in [1.54, 1.807) is 11.3 Å². The predicted molar refractivity (Wildman–Crippen MR) is 68.9 cm³/mol. The van der Waals surface area contributed by atoms with Crippen molar-refractivity contribution in [2.45, 2.75) is 52.7 Å². The molecule has 2 unspecified atom stereocenters. The minimum absolute atomic E-state index is 0.194. The second kappa shape index (κ2) is 6.33. The molecule has 1 heterocycles. The maximum absolute atomic E-state index is 9.14. The molecule has 2 atom stereocenters. The highest BCUT2D eigenvalue weighted by atomic mass is 32.1. The molecular weight excluding hydrogens is 220 g/mol. The van der Waals surface area contributed by atoms with Gasteiger partial charge in [0.1, 0.15) is 0 Å². The molecule has 0 spiro atoms. The quantitative estimate of drug-likeness (QED) is 0.754. The normalized spacial score (nSPS) is 15.1. The first kappa shape index (κ1) is 13.6. The molecule has 92 valence electrons. The second-order valence-electron chi connectivity index (χ2n) is 4.34. The summed E-state index contributed by atoms with van der Waals surface area (Å²) in [7, 11) is 0. The van der Waals surface area contributed by atoms with Crippen LogP contribution in [0, 0.1) is 13.8 Å². The summed E-state index contributed by atoms with van der Waals surface area (Å²) in [4.78, 5) is 5.83. The zero-order valence-electron chi connectivity index (χ0n) is 10.6. The van der Waals surface area contributed by atoms with Crippen molar-refractivity contribution in [1.82, 2.24) is 10.3 Å². The lowest BCUT2D eigenvalue weighted by atomic mass is 10.2. The Morgan fingerprint density at radius 1 is 1.38 bits per heavy atom. The SMILES string of the molecule is Cc1nc(C(C)NCCCC(C)O)c(C)s1. The van der Waals surface area contributed by atoms with Gasteiger partial charge in [0.15, 0.2) is 0 Å². The van der Waals surface area contributed by atoms with Gasteiger partial charge in [-0.15, -0.1) is 11.3 Å². The van der Waals surface area contributed by atoms with Crippen LogP contribution >= 0.6 is 11.3 Å². The number of aliphatic hydroxyl groups is 1.